The maximum absolute atomic E-state index is 12.8. The number of amides is 1. The van der Waals surface area contributed by atoms with E-state index in [1.54, 1.807) is 24.0 Å². The fourth-order valence-electron chi connectivity index (χ4n) is 3.24. The third kappa shape index (κ3) is 3.10. The van der Waals surface area contributed by atoms with Gasteiger partial charge in [0.05, 0.1) is 16.3 Å². The number of carbonyl (C=O) groups is 1. The van der Waals surface area contributed by atoms with Gasteiger partial charge in [0.15, 0.2) is 5.69 Å². The molecule has 0 saturated carbocycles. The second-order valence-electron chi connectivity index (χ2n) is 6.36. The Morgan fingerprint density at radius 1 is 1.48 bits per heavy atom. The molecule has 1 fully saturated rings. The number of nitro benzene ring substituents is 1. The molecule has 1 saturated heterocycles. The number of rotatable bonds is 4. The van der Waals surface area contributed by atoms with E-state index in [9.17, 15) is 14.9 Å². The number of nitrogens with two attached hydrogens (primary N) is 1. The zero-order valence-electron chi connectivity index (χ0n) is 14.1. The number of nitro groups is 1. The largest absolute Gasteiger partial charge is 0.334 e. The van der Waals surface area contributed by atoms with Crippen LogP contribution in [-0.4, -0.2) is 49.9 Å². The van der Waals surface area contributed by atoms with Crippen molar-refractivity contribution in [3.05, 3.63) is 45.8 Å². The van der Waals surface area contributed by atoms with Crippen LogP contribution in [0.1, 0.15) is 29.5 Å². The zero-order valence-corrected chi connectivity index (χ0v) is 14.1. The van der Waals surface area contributed by atoms with E-state index in [2.05, 4.69) is 10.3 Å². The summed E-state index contributed by atoms with van der Waals surface area (Å²) in [6, 6.07) is 6.17. The Labute approximate surface area is 144 Å². The van der Waals surface area contributed by atoms with E-state index in [-0.39, 0.29) is 23.3 Å². The lowest BCUT2D eigenvalue weighted by Gasteiger charge is -2.20. The van der Waals surface area contributed by atoms with E-state index in [4.69, 9.17) is 5.73 Å². The summed E-state index contributed by atoms with van der Waals surface area (Å²) in [6.07, 6.45) is 0.875. The Balaban J connectivity index is 1.90. The maximum atomic E-state index is 12.8. The van der Waals surface area contributed by atoms with E-state index in [0.29, 0.717) is 30.4 Å². The lowest BCUT2D eigenvalue weighted by Crippen LogP contribution is -2.35. The van der Waals surface area contributed by atoms with Gasteiger partial charge in [0.2, 0.25) is 0 Å². The second-order valence-corrected chi connectivity index (χ2v) is 6.36. The number of hydrogen-bond donors (Lipinski definition) is 1. The summed E-state index contributed by atoms with van der Waals surface area (Å²) in [5, 5.41) is 19.0. The van der Waals surface area contributed by atoms with Gasteiger partial charge in [-0.1, -0.05) is 11.3 Å². The van der Waals surface area contributed by atoms with Crippen molar-refractivity contribution in [1.29, 1.82) is 0 Å². The predicted molar refractivity (Wildman–Crippen MR) is 90.4 cm³/mol. The Kier molecular flexibility index (Phi) is 4.49. The average molecular weight is 344 g/mol. The number of non-ortho nitro benzene ring substituents is 1. The van der Waals surface area contributed by atoms with Crippen molar-refractivity contribution in [2.75, 3.05) is 13.1 Å². The fourth-order valence-corrected chi connectivity index (χ4v) is 3.24. The molecule has 9 heteroatoms. The van der Waals surface area contributed by atoms with Crippen LogP contribution in [0, 0.1) is 23.0 Å². The van der Waals surface area contributed by atoms with Crippen LogP contribution in [-0.2, 0) is 0 Å². The highest BCUT2D eigenvalue weighted by Crippen LogP contribution is 2.25. The summed E-state index contributed by atoms with van der Waals surface area (Å²) >= 11 is 0. The first-order valence-corrected chi connectivity index (χ1v) is 8.10. The Morgan fingerprint density at radius 2 is 2.24 bits per heavy atom. The van der Waals surface area contributed by atoms with Gasteiger partial charge in [-0.2, -0.15) is 0 Å². The van der Waals surface area contributed by atoms with Crippen LogP contribution < -0.4 is 5.73 Å². The smallest absolute Gasteiger partial charge is 0.276 e. The summed E-state index contributed by atoms with van der Waals surface area (Å²) in [6.45, 7) is 4.88. The first-order chi connectivity index (χ1) is 11.9. The topological polar surface area (TPSA) is 120 Å². The van der Waals surface area contributed by atoms with Gasteiger partial charge in [-0.15, -0.1) is 5.10 Å². The monoisotopic (exact) mass is 344 g/mol. The highest BCUT2D eigenvalue weighted by Gasteiger charge is 2.34. The summed E-state index contributed by atoms with van der Waals surface area (Å²) in [4.78, 5) is 25.1. The molecule has 2 atom stereocenters. The van der Waals surface area contributed by atoms with Gasteiger partial charge >= 0.3 is 0 Å². The summed E-state index contributed by atoms with van der Waals surface area (Å²) in [7, 11) is 0. The van der Waals surface area contributed by atoms with Crippen molar-refractivity contribution < 1.29 is 9.72 Å². The normalized spacial score (nSPS) is 20.0. The van der Waals surface area contributed by atoms with Gasteiger partial charge < -0.3 is 10.6 Å². The first kappa shape index (κ1) is 17.0. The van der Waals surface area contributed by atoms with Crippen molar-refractivity contribution in [3.63, 3.8) is 0 Å². The van der Waals surface area contributed by atoms with Gasteiger partial charge in [-0.05, 0) is 38.8 Å². The quantitative estimate of drug-likeness (QED) is 0.659. The molecule has 3 rings (SSSR count). The van der Waals surface area contributed by atoms with Gasteiger partial charge in [0.1, 0.15) is 0 Å². The third-order valence-corrected chi connectivity index (χ3v) is 4.64. The minimum atomic E-state index is -0.472. The first-order valence-electron chi connectivity index (χ1n) is 8.10. The molecule has 2 unspecified atom stereocenters. The van der Waals surface area contributed by atoms with Crippen molar-refractivity contribution in [2.24, 2.45) is 11.7 Å². The maximum Gasteiger partial charge on any atom is 0.276 e. The molecule has 2 N–H and O–H groups in total. The van der Waals surface area contributed by atoms with Crippen molar-refractivity contribution in [1.82, 2.24) is 19.9 Å². The lowest BCUT2D eigenvalue weighted by molar-refractivity contribution is -0.384. The van der Waals surface area contributed by atoms with Gasteiger partial charge in [0, 0.05) is 24.7 Å². The molecule has 1 aliphatic rings. The van der Waals surface area contributed by atoms with E-state index in [1.807, 2.05) is 6.92 Å². The minimum Gasteiger partial charge on any atom is -0.334 e. The van der Waals surface area contributed by atoms with Crippen molar-refractivity contribution in [3.8, 4) is 5.69 Å². The van der Waals surface area contributed by atoms with Crippen LogP contribution in [0.25, 0.3) is 5.69 Å². The SMILES string of the molecule is Cc1c(C(=O)N2CC(CN)CC2C)nnn1-c1cccc([N+](=O)[O-])c1. The van der Waals surface area contributed by atoms with E-state index in [1.165, 1.54) is 16.8 Å². The van der Waals surface area contributed by atoms with Crippen LogP contribution >= 0.6 is 0 Å². The molecule has 1 aliphatic heterocycles. The molecule has 0 aliphatic carbocycles. The van der Waals surface area contributed by atoms with Crippen LogP contribution in [0.3, 0.4) is 0 Å². The number of aromatic nitrogens is 3. The highest BCUT2D eigenvalue weighted by atomic mass is 16.6. The molecule has 0 radical (unpaired) electrons. The molecule has 1 amide bonds. The molecule has 1 aromatic carbocycles. The minimum absolute atomic E-state index is 0.0424. The number of nitrogens with zero attached hydrogens (tertiary/aromatic N) is 5. The van der Waals surface area contributed by atoms with Gasteiger partial charge in [-0.3, -0.25) is 14.9 Å². The molecule has 25 heavy (non-hydrogen) atoms. The summed E-state index contributed by atoms with van der Waals surface area (Å²) < 4.78 is 1.45. The van der Waals surface area contributed by atoms with E-state index < -0.39 is 4.92 Å². The highest BCUT2D eigenvalue weighted by molar-refractivity contribution is 5.93. The summed E-state index contributed by atoms with van der Waals surface area (Å²) in [5.41, 5.74) is 6.98. The van der Waals surface area contributed by atoms with Crippen LogP contribution in [0.15, 0.2) is 24.3 Å². The molecule has 0 spiro atoms. The molecule has 0 bridgehead atoms. The fraction of sp³-hybridized carbons (Fsp3) is 0.438. The molecule has 9 nitrogen and oxygen atoms in total. The van der Waals surface area contributed by atoms with Crippen LogP contribution in [0.2, 0.25) is 0 Å². The third-order valence-electron chi connectivity index (χ3n) is 4.64. The van der Waals surface area contributed by atoms with E-state index >= 15 is 0 Å². The number of hydrogen-bond acceptors (Lipinski definition) is 6. The molecule has 2 heterocycles. The standard InChI is InChI=1S/C16H20N6O3/c1-10-6-12(8-17)9-20(10)16(23)15-11(2)21(19-18-15)13-4-3-5-14(7-13)22(24)25/h3-5,7,10,12H,6,8-9,17H2,1-2H3. The molecular formula is C16H20N6O3. The Bertz CT molecular complexity index is 818. The van der Waals surface area contributed by atoms with Gasteiger partial charge in [0.25, 0.3) is 11.6 Å². The van der Waals surface area contributed by atoms with Gasteiger partial charge in [-0.25, -0.2) is 4.68 Å². The Morgan fingerprint density at radius 3 is 2.88 bits per heavy atom. The number of benzene rings is 1. The number of carbonyl (C=O) groups excluding carboxylic acids is 1. The summed E-state index contributed by atoms with van der Waals surface area (Å²) in [5.74, 6) is 0.115. The zero-order chi connectivity index (χ0) is 18.1. The molecule has 1 aromatic heterocycles. The molecule has 132 valence electrons. The molecular weight excluding hydrogens is 324 g/mol. The van der Waals surface area contributed by atoms with E-state index in [0.717, 1.165) is 6.42 Å². The number of likely N-dealkylation sites (tertiary alicyclic amines) is 1. The van der Waals surface area contributed by atoms with Crippen molar-refractivity contribution >= 4 is 11.6 Å². The van der Waals surface area contributed by atoms with Crippen LogP contribution in [0.4, 0.5) is 5.69 Å². The Hall–Kier alpha value is -2.81. The second kappa shape index (κ2) is 6.60. The average Bonchev–Trinajstić information content (AvgIpc) is 3.17. The predicted octanol–water partition coefficient (Wildman–Crippen LogP) is 1.29. The van der Waals surface area contributed by atoms with Crippen molar-refractivity contribution in [2.45, 2.75) is 26.3 Å². The lowest BCUT2D eigenvalue weighted by atomic mass is 10.1. The van der Waals surface area contributed by atoms with Crippen LogP contribution in [0.5, 0.6) is 0 Å². The molecule has 2 aromatic rings.